The van der Waals surface area contributed by atoms with Crippen molar-refractivity contribution in [2.45, 2.75) is 31.8 Å². The highest BCUT2D eigenvalue weighted by molar-refractivity contribution is 9.10. The van der Waals surface area contributed by atoms with Crippen LogP contribution in [0.1, 0.15) is 30.7 Å². The minimum Gasteiger partial charge on any atom is -0.396 e. The van der Waals surface area contributed by atoms with E-state index in [1.165, 1.54) is 11.3 Å². The lowest BCUT2D eigenvalue weighted by molar-refractivity contribution is 0.274. The summed E-state index contributed by atoms with van der Waals surface area (Å²) in [4.78, 5) is 1.14. The third-order valence-electron chi connectivity index (χ3n) is 2.52. The van der Waals surface area contributed by atoms with Gasteiger partial charge in [-0.25, -0.2) is 0 Å². The Kier molecular flexibility index (Phi) is 6.99. The molecule has 0 aliphatic carbocycles. The molecule has 0 aliphatic rings. The standard InChI is InChI=1S/C11H18BrClN2OS/c1-7(3-2-4-16)15-9(6-14)10-5-8(12)11(13)17-10/h5,7,9,15-16H,2-4,6,14H2,1H3. The lowest BCUT2D eigenvalue weighted by Crippen LogP contribution is -2.34. The van der Waals surface area contributed by atoms with Gasteiger partial charge in [-0.2, -0.15) is 0 Å². The van der Waals surface area contributed by atoms with Gasteiger partial charge in [0.05, 0.1) is 6.04 Å². The molecule has 0 saturated heterocycles. The number of nitrogens with one attached hydrogen (secondary N) is 1. The van der Waals surface area contributed by atoms with E-state index in [0.717, 1.165) is 26.5 Å². The van der Waals surface area contributed by atoms with E-state index >= 15 is 0 Å². The average molecular weight is 342 g/mol. The van der Waals surface area contributed by atoms with Crippen LogP contribution in [-0.2, 0) is 0 Å². The molecule has 98 valence electrons. The van der Waals surface area contributed by atoms with Crippen molar-refractivity contribution < 1.29 is 5.11 Å². The average Bonchev–Trinajstić information content (AvgIpc) is 2.63. The molecule has 1 aromatic heterocycles. The molecule has 1 heterocycles. The van der Waals surface area contributed by atoms with Gasteiger partial charge in [0, 0.05) is 28.5 Å². The number of aliphatic hydroxyl groups excluding tert-OH is 1. The third kappa shape index (κ3) is 4.85. The van der Waals surface area contributed by atoms with Gasteiger partial charge in [0.15, 0.2) is 0 Å². The van der Waals surface area contributed by atoms with E-state index < -0.39 is 0 Å². The van der Waals surface area contributed by atoms with Crippen molar-refractivity contribution in [1.82, 2.24) is 5.32 Å². The van der Waals surface area contributed by atoms with Gasteiger partial charge < -0.3 is 16.2 Å². The van der Waals surface area contributed by atoms with Crippen LogP contribution in [0, 0.1) is 0 Å². The molecule has 1 rings (SSSR count). The highest BCUT2D eigenvalue weighted by Gasteiger charge is 2.16. The maximum atomic E-state index is 8.79. The minimum absolute atomic E-state index is 0.123. The summed E-state index contributed by atoms with van der Waals surface area (Å²) < 4.78 is 1.67. The Morgan fingerprint density at radius 2 is 2.35 bits per heavy atom. The van der Waals surface area contributed by atoms with Crippen molar-refractivity contribution in [3.8, 4) is 0 Å². The van der Waals surface area contributed by atoms with E-state index in [-0.39, 0.29) is 12.6 Å². The number of hydrogen-bond acceptors (Lipinski definition) is 4. The van der Waals surface area contributed by atoms with Crippen molar-refractivity contribution in [3.63, 3.8) is 0 Å². The van der Waals surface area contributed by atoms with Crippen LogP contribution >= 0.6 is 38.9 Å². The van der Waals surface area contributed by atoms with Crippen LogP contribution in [0.5, 0.6) is 0 Å². The van der Waals surface area contributed by atoms with E-state index in [1.807, 2.05) is 6.07 Å². The summed E-state index contributed by atoms with van der Waals surface area (Å²) in [6.45, 7) is 2.87. The van der Waals surface area contributed by atoms with Crippen LogP contribution in [0.25, 0.3) is 0 Å². The molecule has 1 aromatic rings. The number of thiophene rings is 1. The Hall–Kier alpha value is 0.350. The molecule has 3 nitrogen and oxygen atoms in total. The van der Waals surface area contributed by atoms with Crippen LogP contribution < -0.4 is 11.1 Å². The molecule has 4 N–H and O–H groups in total. The molecule has 0 aromatic carbocycles. The molecule has 0 aliphatic heterocycles. The van der Waals surface area contributed by atoms with Crippen LogP contribution in [0.2, 0.25) is 4.34 Å². The van der Waals surface area contributed by atoms with Crippen molar-refractivity contribution in [2.75, 3.05) is 13.2 Å². The van der Waals surface area contributed by atoms with Gasteiger partial charge >= 0.3 is 0 Å². The molecular formula is C11H18BrClN2OS. The summed E-state index contributed by atoms with van der Waals surface area (Å²) in [7, 11) is 0. The Labute approximate surface area is 119 Å². The van der Waals surface area contributed by atoms with Gasteiger partial charge in [-0.1, -0.05) is 11.6 Å². The molecule has 0 fully saturated rings. The number of rotatable bonds is 7. The molecule has 0 radical (unpaired) electrons. The van der Waals surface area contributed by atoms with Crippen LogP contribution in [-0.4, -0.2) is 24.3 Å². The maximum Gasteiger partial charge on any atom is 0.107 e. The van der Waals surface area contributed by atoms with E-state index in [4.69, 9.17) is 22.4 Å². The van der Waals surface area contributed by atoms with Gasteiger partial charge in [0.1, 0.15) is 4.34 Å². The second-order valence-corrected chi connectivity index (χ2v) is 6.53. The summed E-state index contributed by atoms with van der Waals surface area (Å²) in [6, 6.07) is 2.46. The first-order valence-corrected chi connectivity index (χ1v) is 7.59. The summed E-state index contributed by atoms with van der Waals surface area (Å²) in [5, 5.41) is 12.2. The summed E-state index contributed by atoms with van der Waals surface area (Å²) in [5.74, 6) is 0. The lowest BCUT2D eigenvalue weighted by atomic mass is 10.1. The van der Waals surface area contributed by atoms with E-state index in [0.29, 0.717) is 12.6 Å². The summed E-state index contributed by atoms with van der Waals surface area (Å²) >= 11 is 11.0. The molecular weight excluding hydrogens is 324 g/mol. The van der Waals surface area contributed by atoms with E-state index in [9.17, 15) is 0 Å². The Morgan fingerprint density at radius 3 is 2.82 bits per heavy atom. The molecule has 0 spiro atoms. The fraction of sp³-hybridized carbons (Fsp3) is 0.636. The van der Waals surface area contributed by atoms with Crippen molar-refractivity contribution in [2.24, 2.45) is 5.73 Å². The topological polar surface area (TPSA) is 58.3 Å². The largest absolute Gasteiger partial charge is 0.396 e. The number of aliphatic hydroxyl groups is 1. The molecule has 0 amide bonds. The van der Waals surface area contributed by atoms with E-state index in [2.05, 4.69) is 28.2 Å². The Morgan fingerprint density at radius 1 is 1.65 bits per heavy atom. The zero-order valence-electron chi connectivity index (χ0n) is 9.75. The quantitative estimate of drug-likeness (QED) is 0.714. The van der Waals surface area contributed by atoms with Crippen LogP contribution in [0.15, 0.2) is 10.5 Å². The normalized spacial score (nSPS) is 14.9. The van der Waals surface area contributed by atoms with Crippen molar-refractivity contribution in [1.29, 1.82) is 0 Å². The number of nitrogens with two attached hydrogens (primary N) is 1. The van der Waals surface area contributed by atoms with Gasteiger partial charge in [0.2, 0.25) is 0 Å². The SMILES string of the molecule is CC(CCCO)NC(CN)c1cc(Br)c(Cl)s1. The van der Waals surface area contributed by atoms with Crippen LogP contribution in [0.4, 0.5) is 0 Å². The summed E-state index contributed by atoms with van der Waals surface area (Å²) in [5.41, 5.74) is 5.78. The number of hydrogen-bond donors (Lipinski definition) is 3. The second-order valence-electron chi connectivity index (χ2n) is 3.99. The van der Waals surface area contributed by atoms with Gasteiger partial charge in [-0.3, -0.25) is 0 Å². The predicted molar refractivity (Wildman–Crippen MR) is 77.7 cm³/mol. The fourth-order valence-electron chi connectivity index (χ4n) is 1.63. The maximum absolute atomic E-state index is 8.79. The fourth-order valence-corrected chi connectivity index (χ4v) is 3.44. The molecule has 6 heteroatoms. The molecule has 0 saturated carbocycles. The molecule has 2 unspecified atom stereocenters. The van der Waals surface area contributed by atoms with Crippen LogP contribution in [0.3, 0.4) is 0 Å². The molecule has 2 atom stereocenters. The highest BCUT2D eigenvalue weighted by Crippen LogP contribution is 2.35. The first kappa shape index (κ1) is 15.4. The Balaban J connectivity index is 2.59. The van der Waals surface area contributed by atoms with Gasteiger partial charge in [-0.05, 0) is 41.8 Å². The lowest BCUT2D eigenvalue weighted by Gasteiger charge is -2.21. The number of halogens is 2. The third-order valence-corrected chi connectivity index (χ3v) is 5.11. The smallest absolute Gasteiger partial charge is 0.107 e. The highest BCUT2D eigenvalue weighted by atomic mass is 79.9. The second kappa shape index (κ2) is 7.71. The summed E-state index contributed by atoms with van der Waals surface area (Å²) in [6.07, 6.45) is 1.74. The van der Waals surface area contributed by atoms with Crippen molar-refractivity contribution >= 4 is 38.9 Å². The van der Waals surface area contributed by atoms with Crippen molar-refractivity contribution in [3.05, 3.63) is 19.8 Å². The zero-order valence-corrected chi connectivity index (χ0v) is 12.9. The van der Waals surface area contributed by atoms with Gasteiger partial charge in [0.25, 0.3) is 0 Å². The first-order valence-electron chi connectivity index (χ1n) is 5.60. The zero-order chi connectivity index (χ0) is 12.8. The predicted octanol–water partition coefficient (Wildman–Crippen LogP) is 2.91. The first-order chi connectivity index (χ1) is 8.08. The van der Waals surface area contributed by atoms with Gasteiger partial charge in [-0.15, -0.1) is 11.3 Å². The molecule has 17 heavy (non-hydrogen) atoms. The minimum atomic E-state index is 0.123. The van der Waals surface area contributed by atoms with E-state index in [1.54, 1.807) is 0 Å². The Bertz CT molecular complexity index is 329. The monoisotopic (exact) mass is 340 g/mol. The molecule has 0 bridgehead atoms.